The van der Waals surface area contributed by atoms with Crippen LogP contribution < -0.4 is 15.4 Å². The second-order valence-corrected chi connectivity index (χ2v) is 7.27. The highest BCUT2D eigenvalue weighted by molar-refractivity contribution is 5.91. The Kier molecular flexibility index (Phi) is 4.92. The van der Waals surface area contributed by atoms with Crippen LogP contribution in [0.5, 0.6) is 5.75 Å². The van der Waals surface area contributed by atoms with Gasteiger partial charge in [-0.05, 0) is 38.7 Å². The Morgan fingerprint density at radius 2 is 2.00 bits per heavy atom. The van der Waals surface area contributed by atoms with Gasteiger partial charge in [-0.2, -0.15) is 0 Å². The molecule has 7 heteroatoms. The van der Waals surface area contributed by atoms with Crippen molar-refractivity contribution < 1.29 is 9.53 Å². The van der Waals surface area contributed by atoms with Gasteiger partial charge in [-0.25, -0.2) is 9.97 Å². The molecule has 0 spiro atoms. The van der Waals surface area contributed by atoms with Crippen molar-refractivity contribution in [1.29, 1.82) is 0 Å². The number of pyridine rings is 1. The number of piperidine rings is 1. The Hall–Kier alpha value is -2.70. The number of rotatable bonds is 4. The second kappa shape index (κ2) is 7.50. The maximum Gasteiger partial charge on any atom is 0.267 e. The van der Waals surface area contributed by atoms with Crippen molar-refractivity contribution in [2.75, 3.05) is 18.0 Å². The minimum atomic E-state index is -0.542. The van der Waals surface area contributed by atoms with Gasteiger partial charge in [0, 0.05) is 49.5 Å². The van der Waals surface area contributed by atoms with E-state index in [0.29, 0.717) is 5.75 Å². The van der Waals surface area contributed by atoms with E-state index in [1.807, 2.05) is 6.92 Å². The topological polar surface area (TPSA) is 94.2 Å². The lowest BCUT2D eigenvalue weighted by Gasteiger charge is -2.35. The largest absolute Gasteiger partial charge is 0.490 e. The molecule has 4 rings (SSSR count). The Bertz CT molecular complexity index is 846. The van der Waals surface area contributed by atoms with Gasteiger partial charge in [0.2, 0.25) is 0 Å². The fraction of sp³-hybridized carbons (Fsp3) is 0.500. The molecule has 142 valence electrons. The molecule has 27 heavy (non-hydrogen) atoms. The Morgan fingerprint density at radius 1 is 1.22 bits per heavy atom. The zero-order valence-electron chi connectivity index (χ0n) is 15.6. The summed E-state index contributed by atoms with van der Waals surface area (Å²) in [6.07, 6.45) is 8.07. The summed E-state index contributed by atoms with van der Waals surface area (Å²) in [6, 6.07) is 3.38. The average molecular weight is 367 g/mol. The van der Waals surface area contributed by atoms with Gasteiger partial charge in [0.05, 0.1) is 0 Å². The molecule has 1 aliphatic carbocycles. The zero-order chi connectivity index (χ0) is 18.8. The van der Waals surface area contributed by atoms with Crippen molar-refractivity contribution >= 4 is 11.7 Å². The standard InChI is InChI=1S/C20H25N5O2/c1-13-23-17-5-3-2-4-16(17)20(24-13)25-10-7-14(8-11-25)27-15-6-9-22-18(12-15)19(21)26/h6,9,12,14H,2-5,7-8,10-11H2,1H3,(H2,21,26). The number of amides is 1. The van der Waals surface area contributed by atoms with Gasteiger partial charge >= 0.3 is 0 Å². The van der Waals surface area contributed by atoms with Crippen LogP contribution in [0.4, 0.5) is 5.82 Å². The van der Waals surface area contributed by atoms with Crippen molar-refractivity contribution in [1.82, 2.24) is 15.0 Å². The zero-order valence-corrected chi connectivity index (χ0v) is 15.6. The third-order valence-electron chi connectivity index (χ3n) is 5.30. The minimum Gasteiger partial charge on any atom is -0.490 e. The molecule has 0 bridgehead atoms. The molecule has 1 fully saturated rings. The summed E-state index contributed by atoms with van der Waals surface area (Å²) in [6.45, 7) is 3.79. The van der Waals surface area contributed by atoms with Crippen molar-refractivity contribution in [3.05, 3.63) is 41.1 Å². The number of hydrogen-bond acceptors (Lipinski definition) is 6. The predicted octanol–water partition coefficient (Wildman–Crippen LogP) is 2.21. The van der Waals surface area contributed by atoms with Crippen molar-refractivity contribution in [3.63, 3.8) is 0 Å². The SMILES string of the molecule is Cc1nc2c(c(N3CCC(Oc4ccnc(C(N)=O)c4)CC3)n1)CCCC2. The number of nitrogens with zero attached hydrogens (tertiary/aromatic N) is 4. The first-order chi connectivity index (χ1) is 13.1. The molecule has 2 aromatic heterocycles. The fourth-order valence-electron chi connectivity index (χ4n) is 3.95. The van der Waals surface area contributed by atoms with Crippen molar-refractivity contribution in [3.8, 4) is 5.75 Å². The molecule has 0 aromatic carbocycles. The summed E-state index contributed by atoms with van der Waals surface area (Å²) in [4.78, 5) is 27.0. The Balaban J connectivity index is 1.43. The fourth-order valence-corrected chi connectivity index (χ4v) is 3.95. The van der Waals surface area contributed by atoms with Crippen LogP contribution in [-0.4, -0.2) is 40.1 Å². The molecule has 0 radical (unpaired) electrons. The van der Waals surface area contributed by atoms with Crippen LogP contribution in [0.25, 0.3) is 0 Å². The first-order valence-corrected chi connectivity index (χ1v) is 9.64. The third kappa shape index (κ3) is 3.86. The van der Waals surface area contributed by atoms with E-state index in [0.717, 1.165) is 50.4 Å². The monoisotopic (exact) mass is 367 g/mol. The summed E-state index contributed by atoms with van der Waals surface area (Å²) in [7, 11) is 0. The maximum atomic E-state index is 11.3. The number of aromatic nitrogens is 3. The van der Waals surface area contributed by atoms with Crippen molar-refractivity contribution in [2.24, 2.45) is 5.73 Å². The molecule has 2 aromatic rings. The van der Waals surface area contributed by atoms with Crippen LogP contribution in [0, 0.1) is 6.92 Å². The van der Waals surface area contributed by atoms with Gasteiger partial charge in [-0.3, -0.25) is 9.78 Å². The lowest BCUT2D eigenvalue weighted by Crippen LogP contribution is -2.39. The lowest BCUT2D eigenvalue weighted by molar-refractivity contribution is 0.0994. The lowest BCUT2D eigenvalue weighted by atomic mass is 9.95. The quantitative estimate of drug-likeness (QED) is 0.890. The summed E-state index contributed by atoms with van der Waals surface area (Å²) >= 11 is 0. The normalized spacial score (nSPS) is 17.4. The number of aryl methyl sites for hydroxylation is 2. The number of hydrogen-bond donors (Lipinski definition) is 1. The van der Waals surface area contributed by atoms with Gasteiger partial charge in [0.1, 0.15) is 29.2 Å². The highest BCUT2D eigenvalue weighted by atomic mass is 16.5. The highest BCUT2D eigenvalue weighted by Crippen LogP contribution is 2.30. The number of carbonyl (C=O) groups is 1. The minimum absolute atomic E-state index is 0.114. The summed E-state index contributed by atoms with van der Waals surface area (Å²) in [5.74, 6) is 2.09. The van der Waals surface area contributed by atoms with E-state index in [1.165, 1.54) is 24.1 Å². The van der Waals surface area contributed by atoms with E-state index < -0.39 is 5.91 Å². The summed E-state index contributed by atoms with van der Waals surface area (Å²) in [5, 5.41) is 0. The summed E-state index contributed by atoms with van der Waals surface area (Å²) < 4.78 is 6.06. The van der Waals surface area contributed by atoms with Crippen molar-refractivity contribution in [2.45, 2.75) is 51.6 Å². The Morgan fingerprint density at radius 3 is 2.78 bits per heavy atom. The molecule has 0 unspecified atom stereocenters. The van der Waals surface area contributed by atoms with E-state index in [4.69, 9.17) is 15.5 Å². The molecular formula is C20H25N5O2. The number of nitrogens with two attached hydrogens (primary N) is 1. The molecule has 7 nitrogen and oxygen atoms in total. The van der Waals surface area contributed by atoms with Gasteiger partial charge in [-0.1, -0.05) is 0 Å². The third-order valence-corrected chi connectivity index (χ3v) is 5.30. The molecule has 1 amide bonds. The van der Waals surface area contributed by atoms with Gasteiger partial charge in [-0.15, -0.1) is 0 Å². The van der Waals surface area contributed by atoms with Crippen LogP contribution in [-0.2, 0) is 12.8 Å². The van der Waals surface area contributed by atoms with E-state index in [2.05, 4.69) is 14.9 Å². The molecule has 2 N–H and O–H groups in total. The molecule has 0 saturated carbocycles. The van der Waals surface area contributed by atoms with Gasteiger partial charge < -0.3 is 15.4 Å². The maximum absolute atomic E-state index is 11.3. The molecular weight excluding hydrogens is 342 g/mol. The first kappa shape index (κ1) is 17.7. The number of ether oxygens (including phenoxy) is 1. The second-order valence-electron chi connectivity index (χ2n) is 7.27. The van der Waals surface area contributed by atoms with Gasteiger partial charge in [0.15, 0.2) is 0 Å². The van der Waals surface area contributed by atoms with E-state index >= 15 is 0 Å². The van der Waals surface area contributed by atoms with E-state index in [1.54, 1.807) is 18.3 Å². The van der Waals surface area contributed by atoms with Crippen LogP contribution in [0.2, 0.25) is 0 Å². The predicted molar refractivity (Wildman–Crippen MR) is 102 cm³/mol. The summed E-state index contributed by atoms with van der Waals surface area (Å²) in [5.41, 5.74) is 8.09. The first-order valence-electron chi connectivity index (χ1n) is 9.64. The van der Waals surface area contributed by atoms with Gasteiger partial charge in [0.25, 0.3) is 5.91 Å². The van der Waals surface area contributed by atoms with E-state index in [9.17, 15) is 4.79 Å². The molecule has 1 aliphatic heterocycles. The molecule has 3 heterocycles. The Labute approximate surface area is 159 Å². The number of anilines is 1. The number of primary amides is 1. The van der Waals surface area contributed by atoms with Crippen LogP contribution in [0.15, 0.2) is 18.3 Å². The average Bonchev–Trinajstić information content (AvgIpc) is 2.68. The van der Waals surface area contributed by atoms with Crippen LogP contribution in [0.3, 0.4) is 0 Å². The molecule has 0 atom stereocenters. The smallest absolute Gasteiger partial charge is 0.267 e. The van der Waals surface area contributed by atoms with E-state index in [-0.39, 0.29) is 11.8 Å². The molecule has 2 aliphatic rings. The van der Waals surface area contributed by atoms with Crippen LogP contribution in [0.1, 0.15) is 53.3 Å². The highest BCUT2D eigenvalue weighted by Gasteiger charge is 2.26. The molecule has 1 saturated heterocycles. The number of fused-ring (bicyclic) bond motifs is 1. The number of carbonyl (C=O) groups excluding carboxylic acids is 1. The van der Waals surface area contributed by atoms with Crippen LogP contribution >= 0.6 is 0 Å².